The molecule has 0 aliphatic carbocycles. The molecule has 0 aliphatic rings. The van der Waals surface area contributed by atoms with Crippen molar-refractivity contribution < 1.29 is 4.79 Å². The van der Waals surface area contributed by atoms with Crippen molar-refractivity contribution in [3.05, 3.63) is 17.5 Å². The summed E-state index contributed by atoms with van der Waals surface area (Å²) in [5.74, 6) is -0.174. The number of carbonyl (C=O) groups is 1. The van der Waals surface area contributed by atoms with Crippen molar-refractivity contribution in [2.24, 2.45) is 12.8 Å². The van der Waals surface area contributed by atoms with Gasteiger partial charge in [-0.15, -0.1) is 0 Å². The molecular formula is C10H18N4O. The van der Waals surface area contributed by atoms with Crippen LogP contribution in [0.2, 0.25) is 0 Å². The van der Waals surface area contributed by atoms with Gasteiger partial charge in [0, 0.05) is 30.9 Å². The van der Waals surface area contributed by atoms with E-state index in [0.29, 0.717) is 12.2 Å². The lowest BCUT2D eigenvalue weighted by Gasteiger charge is -2.18. The van der Waals surface area contributed by atoms with Crippen LogP contribution in [0.5, 0.6) is 0 Å². The predicted octanol–water partition coefficient (Wildman–Crippen LogP) is 0.196. The minimum Gasteiger partial charge on any atom is -0.349 e. The van der Waals surface area contributed by atoms with E-state index in [1.165, 1.54) is 0 Å². The molecule has 1 aromatic heterocycles. The highest BCUT2D eigenvalue weighted by atomic mass is 16.1. The summed E-state index contributed by atoms with van der Waals surface area (Å²) in [5, 5.41) is 6.83. The molecule has 0 radical (unpaired) electrons. The number of aryl methyl sites for hydroxylation is 2. The van der Waals surface area contributed by atoms with E-state index in [-0.39, 0.29) is 5.91 Å². The highest BCUT2D eigenvalue weighted by Gasteiger charge is 2.16. The second-order valence-corrected chi connectivity index (χ2v) is 4.51. The van der Waals surface area contributed by atoms with E-state index >= 15 is 0 Å². The normalized spacial score (nSPS) is 11.5. The van der Waals surface area contributed by atoms with Crippen LogP contribution in [-0.4, -0.2) is 27.8 Å². The predicted molar refractivity (Wildman–Crippen MR) is 58.5 cm³/mol. The molecule has 0 saturated heterocycles. The van der Waals surface area contributed by atoms with Crippen LogP contribution in [0.4, 0.5) is 0 Å². The molecule has 0 bridgehead atoms. The van der Waals surface area contributed by atoms with Gasteiger partial charge >= 0.3 is 0 Å². The monoisotopic (exact) mass is 210 g/mol. The van der Waals surface area contributed by atoms with Crippen LogP contribution in [0.25, 0.3) is 0 Å². The molecule has 1 aromatic rings. The minimum absolute atomic E-state index is 0.174. The molecule has 5 heteroatoms. The summed E-state index contributed by atoms with van der Waals surface area (Å²) in [4.78, 5) is 11.7. The molecule has 5 nitrogen and oxygen atoms in total. The van der Waals surface area contributed by atoms with E-state index < -0.39 is 5.54 Å². The molecule has 0 saturated carbocycles. The maximum Gasteiger partial charge on any atom is 0.272 e. The Morgan fingerprint density at radius 2 is 2.27 bits per heavy atom. The second-order valence-electron chi connectivity index (χ2n) is 4.51. The van der Waals surface area contributed by atoms with E-state index in [1.54, 1.807) is 11.7 Å². The number of hydrogen-bond donors (Lipinski definition) is 2. The standard InChI is InChI=1S/C10H18N4O/c1-7-5-14(4)13-8(7)9(15)12-6-10(2,3)11/h5H,6,11H2,1-4H3,(H,12,15). The maximum atomic E-state index is 11.7. The van der Waals surface area contributed by atoms with E-state index in [4.69, 9.17) is 5.73 Å². The lowest BCUT2D eigenvalue weighted by molar-refractivity contribution is 0.0939. The van der Waals surface area contributed by atoms with Gasteiger partial charge in [0.05, 0.1) is 0 Å². The molecule has 3 N–H and O–H groups in total. The smallest absolute Gasteiger partial charge is 0.272 e. The fraction of sp³-hybridized carbons (Fsp3) is 0.600. The van der Waals surface area contributed by atoms with E-state index in [0.717, 1.165) is 5.56 Å². The molecule has 0 atom stereocenters. The Morgan fingerprint density at radius 3 is 2.67 bits per heavy atom. The van der Waals surface area contributed by atoms with Gasteiger partial charge in [0.2, 0.25) is 0 Å². The van der Waals surface area contributed by atoms with Gasteiger partial charge in [-0.25, -0.2) is 0 Å². The average molecular weight is 210 g/mol. The summed E-state index contributed by atoms with van der Waals surface area (Å²) in [6.07, 6.45) is 1.81. The minimum atomic E-state index is -0.404. The zero-order chi connectivity index (χ0) is 11.6. The highest BCUT2D eigenvalue weighted by Crippen LogP contribution is 2.04. The summed E-state index contributed by atoms with van der Waals surface area (Å²) < 4.78 is 1.62. The SMILES string of the molecule is Cc1cn(C)nc1C(=O)NCC(C)(C)N. The van der Waals surface area contributed by atoms with Crippen LogP contribution in [0.15, 0.2) is 6.20 Å². The van der Waals surface area contributed by atoms with Crippen molar-refractivity contribution >= 4 is 5.91 Å². The number of hydrogen-bond acceptors (Lipinski definition) is 3. The number of amides is 1. The first-order valence-corrected chi connectivity index (χ1v) is 4.87. The highest BCUT2D eigenvalue weighted by molar-refractivity contribution is 5.93. The Morgan fingerprint density at radius 1 is 1.67 bits per heavy atom. The van der Waals surface area contributed by atoms with E-state index in [2.05, 4.69) is 10.4 Å². The first kappa shape index (κ1) is 11.7. The molecule has 0 fully saturated rings. The van der Waals surface area contributed by atoms with Crippen molar-refractivity contribution in [2.75, 3.05) is 6.54 Å². The van der Waals surface area contributed by atoms with Crippen molar-refractivity contribution in [1.82, 2.24) is 15.1 Å². The lowest BCUT2D eigenvalue weighted by atomic mass is 10.1. The van der Waals surface area contributed by atoms with Crippen molar-refractivity contribution in [1.29, 1.82) is 0 Å². The zero-order valence-electron chi connectivity index (χ0n) is 9.66. The molecule has 0 aromatic carbocycles. The van der Waals surface area contributed by atoms with Gasteiger partial charge in [0.1, 0.15) is 0 Å². The second kappa shape index (κ2) is 4.02. The van der Waals surface area contributed by atoms with Crippen LogP contribution in [0.3, 0.4) is 0 Å². The van der Waals surface area contributed by atoms with E-state index in [9.17, 15) is 4.79 Å². The van der Waals surface area contributed by atoms with Crippen molar-refractivity contribution in [3.8, 4) is 0 Å². The number of nitrogens with one attached hydrogen (secondary N) is 1. The Hall–Kier alpha value is -1.36. The summed E-state index contributed by atoms with van der Waals surface area (Å²) in [6.45, 7) is 6.01. The first-order valence-electron chi connectivity index (χ1n) is 4.87. The summed E-state index contributed by atoms with van der Waals surface area (Å²) in [5.41, 5.74) is 6.69. The number of rotatable bonds is 3. The molecule has 0 spiro atoms. The molecule has 15 heavy (non-hydrogen) atoms. The molecule has 1 amide bonds. The Labute approximate surface area is 89.6 Å². The van der Waals surface area contributed by atoms with Crippen LogP contribution < -0.4 is 11.1 Å². The summed E-state index contributed by atoms with van der Waals surface area (Å²) >= 11 is 0. The maximum absolute atomic E-state index is 11.7. The van der Waals surface area contributed by atoms with Crippen molar-refractivity contribution in [2.45, 2.75) is 26.3 Å². The third-order valence-electron chi connectivity index (χ3n) is 1.93. The topological polar surface area (TPSA) is 72.9 Å². The number of nitrogens with two attached hydrogens (primary N) is 1. The Kier molecular flexibility index (Phi) is 3.14. The first-order chi connectivity index (χ1) is 6.79. The average Bonchev–Trinajstić information content (AvgIpc) is 2.40. The van der Waals surface area contributed by atoms with Gasteiger partial charge in [0.15, 0.2) is 5.69 Å². The number of carbonyl (C=O) groups excluding carboxylic acids is 1. The van der Waals surface area contributed by atoms with Gasteiger partial charge in [0.25, 0.3) is 5.91 Å². The zero-order valence-corrected chi connectivity index (χ0v) is 9.66. The molecule has 1 heterocycles. The summed E-state index contributed by atoms with van der Waals surface area (Å²) in [7, 11) is 1.79. The Balaban J connectivity index is 2.66. The van der Waals surface area contributed by atoms with E-state index in [1.807, 2.05) is 27.0 Å². The lowest BCUT2D eigenvalue weighted by Crippen LogP contribution is -2.45. The van der Waals surface area contributed by atoms with Crippen LogP contribution in [0.1, 0.15) is 29.9 Å². The number of aromatic nitrogens is 2. The fourth-order valence-corrected chi connectivity index (χ4v) is 1.22. The fourth-order valence-electron chi connectivity index (χ4n) is 1.22. The molecular weight excluding hydrogens is 192 g/mol. The molecule has 0 aliphatic heterocycles. The van der Waals surface area contributed by atoms with Gasteiger partial charge in [-0.3, -0.25) is 9.48 Å². The van der Waals surface area contributed by atoms with Crippen molar-refractivity contribution in [3.63, 3.8) is 0 Å². The van der Waals surface area contributed by atoms with Gasteiger partial charge in [-0.05, 0) is 20.8 Å². The third kappa shape index (κ3) is 3.36. The van der Waals surface area contributed by atoms with Crippen LogP contribution in [0, 0.1) is 6.92 Å². The number of nitrogens with zero attached hydrogens (tertiary/aromatic N) is 2. The molecule has 1 rings (SSSR count). The molecule has 0 unspecified atom stereocenters. The third-order valence-corrected chi connectivity index (χ3v) is 1.93. The Bertz CT molecular complexity index is 362. The van der Waals surface area contributed by atoms with Gasteiger partial charge in [-0.2, -0.15) is 5.10 Å². The largest absolute Gasteiger partial charge is 0.349 e. The van der Waals surface area contributed by atoms with Crippen LogP contribution >= 0.6 is 0 Å². The quantitative estimate of drug-likeness (QED) is 0.748. The van der Waals surface area contributed by atoms with Gasteiger partial charge in [-0.1, -0.05) is 0 Å². The van der Waals surface area contributed by atoms with Crippen LogP contribution in [-0.2, 0) is 7.05 Å². The van der Waals surface area contributed by atoms with Gasteiger partial charge < -0.3 is 11.1 Å². The summed E-state index contributed by atoms with van der Waals surface area (Å²) in [6, 6.07) is 0. The molecule has 84 valence electrons.